The van der Waals surface area contributed by atoms with E-state index in [4.69, 9.17) is 10.8 Å². The summed E-state index contributed by atoms with van der Waals surface area (Å²) in [5.74, 6) is -1.14. The lowest BCUT2D eigenvalue weighted by Crippen LogP contribution is -2.48. The highest BCUT2D eigenvalue weighted by Gasteiger charge is 2.33. The summed E-state index contributed by atoms with van der Waals surface area (Å²) >= 11 is 0. The second-order valence-corrected chi connectivity index (χ2v) is 6.07. The molecule has 8 heteroatoms. The minimum atomic E-state index is -4.30. The smallest absolute Gasteiger partial charge is 0.265 e. The second kappa shape index (κ2) is 6.80. The Bertz CT molecular complexity index is 556. The molecule has 0 heterocycles. The van der Waals surface area contributed by atoms with Crippen LogP contribution < -0.4 is 5.73 Å². The number of sulfonamides is 1. The van der Waals surface area contributed by atoms with Crippen LogP contribution in [-0.2, 0) is 21.2 Å². The molecule has 0 saturated carbocycles. The molecular formula is C12H18N2O5S. The molecule has 7 nitrogen and oxygen atoms in total. The van der Waals surface area contributed by atoms with E-state index in [1.807, 2.05) is 6.92 Å². The molecule has 0 aliphatic carbocycles. The number of aryl methyl sites for hydroxylation is 1. The maximum absolute atomic E-state index is 12.1. The molecule has 1 aromatic carbocycles. The fourth-order valence-corrected chi connectivity index (χ4v) is 2.86. The largest absolute Gasteiger partial charge is 0.394 e. The number of rotatable bonds is 7. The number of nitrogens with zero attached hydrogens (tertiary/aromatic N) is 1. The third-order valence-electron chi connectivity index (χ3n) is 2.77. The summed E-state index contributed by atoms with van der Waals surface area (Å²) in [7, 11) is -4.30. The van der Waals surface area contributed by atoms with Crippen molar-refractivity contribution in [3.05, 3.63) is 29.8 Å². The lowest BCUT2D eigenvalue weighted by atomic mass is 10.1. The first-order valence-electron chi connectivity index (χ1n) is 6.07. The van der Waals surface area contributed by atoms with E-state index in [0.29, 0.717) is 0 Å². The Morgan fingerprint density at radius 3 is 2.30 bits per heavy atom. The molecule has 0 radical (unpaired) electrons. The summed E-state index contributed by atoms with van der Waals surface area (Å²) in [5, 5.41) is 18.5. The van der Waals surface area contributed by atoms with E-state index in [9.17, 15) is 18.4 Å². The van der Waals surface area contributed by atoms with Crippen LogP contribution in [0, 0.1) is 0 Å². The van der Waals surface area contributed by atoms with Crippen LogP contribution in [0.5, 0.6) is 0 Å². The number of aliphatic hydroxyl groups excluding tert-OH is 1. The summed E-state index contributed by atoms with van der Waals surface area (Å²) in [6.45, 7) is 1.10. The van der Waals surface area contributed by atoms with Gasteiger partial charge in [0.25, 0.3) is 10.0 Å². The zero-order valence-electron chi connectivity index (χ0n) is 11.1. The highest BCUT2D eigenvalue weighted by Crippen LogP contribution is 2.17. The van der Waals surface area contributed by atoms with Crippen LogP contribution in [0.3, 0.4) is 0 Å². The Hall–Kier alpha value is -1.48. The van der Waals surface area contributed by atoms with E-state index >= 15 is 0 Å². The van der Waals surface area contributed by atoms with Gasteiger partial charge in [0, 0.05) is 0 Å². The van der Waals surface area contributed by atoms with Gasteiger partial charge in [-0.1, -0.05) is 29.9 Å². The summed E-state index contributed by atoms with van der Waals surface area (Å²) in [6, 6.07) is 4.21. The van der Waals surface area contributed by atoms with Crippen molar-refractivity contribution in [1.29, 1.82) is 0 Å². The predicted octanol–water partition coefficient (Wildman–Crippen LogP) is -0.135. The van der Waals surface area contributed by atoms with E-state index in [2.05, 4.69) is 0 Å². The van der Waals surface area contributed by atoms with Crippen molar-refractivity contribution in [3.63, 3.8) is 0 Å². The number of primary amides is 1. The van der Waals surface area contributed by atoms with Gasteiger partial charge in [0.05, 0.1) is 11.5 Å². The molecule has 1 aromatic rings. The normalized spacial score (nSPS) is 13.4. The molecule has 1 atom stereocenters. The molecule has 1 unspecified atom stereocenters. The standard InChI is InChI=1S/C12H18N2O5S/c1-2-3-9-4-6-10(7-5-9)20(18,19)14(17)11(8-15)12(13)16/h4-7,11,15,17H,2-3,8H2,1H3,(H2,13,16). The van der Waals surface area contributed by atoms with Crippen LogP contribution in [0.2, 0.25) is 0 Å². The number of hydrogen-bond acceptors (Lipinski definition) is 5. The van der Waals surface area contributed by atoms with Crippen LogP contribution in [0.4, 0.5) is 0 Å². The Labute approximate surface area is 117 Å². The van der Waals surface area contributed by atoms with Crippen molar-refractivity contribution >= 4 is 15.9 Å². The summed E-state index contributed by atoms with van der Waals surface area (Å²) in [4.78, 5) is 10.8. The van der Waals surface area contributed by atoms with E-state index in [1.165, 1.54) is 12.1 Å². The number of carbonyl (C=O) groups is 1. The summed E-state index contributed by atoms with van der Waals surface area (Å²) in [5.41, 5.74) is 5.88. The highest BCUT2D eigenvalue weighted by atomic mass is 32.2. The van der Waals surface area contributed by atoms with Crippen LogP contribution >= 0.6 is 0 Å². The molecule has 4 N–H and O–H groups in total. The third-order valence-corrected chi connectivity index (χ3v) is 4.39. The lowest BCUT2D eigenvalue weighted by molar-refractivity contribution is -0.133. The maximum atomic E-state index is 12.1. The Morgan fingerprint density at radius 1 is 1.35 bits per heavy atom. The van der Waals surface area contributed by atoms with Crippen LogP contribution in [0.1, 0.15) is 18.9 Å². The number of hydrogen-bond donors (Lipinski definition) is 3. The van der Waals surface area contributed by atoms with Crippen LogP contribution in [0.15, 0.2) is 29.2 Å². The van der Waals surface area contributed by atoms with Gasteiger partial charge in [-0.25, -0.2) is 8.42 Å². The minimum Gasteiger partial charge on any atom is -0.394 e. The van der Waals surface area contributed by atoms with Crippen molar-refractivity contribution in [2.75, 3.05) is 6.61 Å². The first-order chi connectivity index (χ1) is 9.34. The molecule has 0 bridgehead atoms. The average molecular weight is 302 g/mol. The number of carbonyl (C=O) groups excluding carboxylic acids is 1. The van der Waals surface area contributed by atoms with Crippen molar-refractivity contribution in [1.82, 2.24) is 4.47 Å². The van der Waals surface area contributed by atoms with Crippen molar-refractivity contribution in [2.24, 2.45) is 5.73 Å². The lowest BCUT2D eigenvalue weighted by Gasteiger charge is -2.21. The molecule has 0 saturated heterocycles. The van der Waals surface area contributed by atoms with Crippen LogP contribution in [0.25, 0.3) is 0 Å². The highest BCUT2D eigenvalue weighted by molar-refractivity contribution is 7.89. The van der Waals surface area contributed by atoms with Crippen molar-refractivity contribution < 1.29 is 23.5 Å². The Balaban J connectivity index is 3.06. The number of nitrogens with two attached hydrogens (primary N) is 1. The summed E-state index contributed by atoms with van der Waals surface area (Å²) < 4.78 is 23.9. The molecule has 0 aromatic heterocycles. The van der Waals surface area contributed by atoms with Crippen LogP contribution in [-0.4, -0.2) is 41.8 Å². The van der Waals surface area contributed by atoms with Crippen molar-refractivity contribution in [2.45, 2.75) is 30.7 Å². The van der Waals surface area contributed by atoms with E-state index in [1.54, 1.807) is 12.1 Å². The van der Waals surface area contributed by atoms with Gasteiger partial charge >= 0.3 is 0 Å². The average Bonchev–Trinajstić information content (AvgIpc) is 2.40. The first-order valence-corrected chi connectivity index (χ1v) is 7.51. The fourth-order valence-electron chi connectivity index (χ4n) is 1.66. The molecule has 0 aliphatic rings. The zero-order chi connectivity index (χ0) is 15.3. The van der Waals surface area contributed by atoms with Gasteiger partial charge in [0.2, 0.25) is 5.91 Å². The number of aliphatic hydroxyl groups is 1. The quantitative estimate of drug-likeness (QED) is 0.606. The van der Waals surface area contributed by atoms with Gasteiger partial charge in [-0.05, 0) is 24.1 Å². The summed E-state index contributed by atoms with van der Waals surface area (Å²) in [6.07, 6.45) is 1.73. The van der Waals surface area contributed by atoms with E-state index < -0.39 is 28.6 Å². The zero-order valence-corrected chi connectivity index (χ0v) is 11.9. The Kier molecular flexibility index (Phi) is 5.63. The number of hydroxylamine groups is 1. The molecule has 0 aliphatic heterocycles. The van der Waals surface area contributed by atoms with Gasteiger partial charge in [-0.15, -0.1) is 0 Å². The molecule has 1 amide bonds. The second-order valence-electron chi connectivity index (χ2n) is 4.27. The van der Waals surface area contributed by atoms with Gasteiger partial charge in [0.15, 0.2) is 6.04 Å². The molecular weight excluding hydrogens is 284 g/mol. The molecule has 20 heavy (non-hydrogen) atoms. The monoisotopic (exact) mass is 302 g/mol. The van der Waals surface area contributed by atoms with Crippen molar-refractivity contribution in [3.8, 4) is 0 Å². The van der Waals surface area contributed by atoms with Gasteiger partial charge in [-0.3, -0.25) is 10.0 Å². The molecule has 0 spiro atoms. The van der Waals surface area contributed by atoms with Gasteiger partial charge in [-0.2, -0.15) is 0 Å². The van der Waals surface area contributed by atoms with Gasteiger partial charge in [0.1, 0.15) is 0 Å². The Morgan fingerprint density at radius 2 is 1.90 bits per heavy atom. The first kappa shape index (κ1) is 16.6. The third kappa shape index (κ3) is 3.54. The molecule has 1 rings (SSSR count). The SMILES string of the molecule is CCCc1ccc(S(=O)(=O)N(O)C(CO)C(N)=O)cc1. The molecule has 112 valence electrons. The molecule has 0 fully saturated rings. The fraction of sp³-hybridized carbons (Fsp3) is 0.417. The topological polar surface area (TPSA) is 121 Å². The number of amides is 1. The predicted molar refractivity (Wildman–Crippen MR) is 71.3 cm³/mol. The van der Waals surface area contributed by atoms with Gasteiger partial charge < -0.3 is 10.8 Å². The maximum Gasteiger partial charge on any atom is 0.265 e. The van der Waals surface area contributed by atoms with E-state index in [-0.39, 0.29) is 9.36 Å². The van der Waals surface area contributed by atoms with E-state index in [0.717, 1.165) is 18.4 Å². The number of benzene rings is 1. The minimum absolute atomic E-state index is 0.181.